The van der Waals surface area contributed by atoms with Crippen LogP contribution in [0.15, 0.2) is 78.9 Å². The summed E-state index contributed by atoms with van der Waals surface area (Å²) in [4.78, 5) is 44.8. The first-order valence-electron chi connectivity index (χ1n) is 12.7. The summed E-state index contributed by atoms with van der Waals surface area (Å²) in [7, 11) is 0. The summed E-state index contributed by atoms with van der Waals surface area (Å²) >= 11 is 6.09. The Morgan fingerprint density at radius 1 is 1.03 bits per heavy atom. The lowest BCUT2D eigenvalue weighted by Crippen LogP contribution is -2.58. The molecule has 4 aliphatic rings. The minimum Gasteiger partial charge on any atom is -0.461 e. The van der Waals surface area contributed by atoms with Crippen molar-refractivity contribution in [3.63, 3.8) is 0 Å². The molecule has 6 rings (SSSR count). The summed E-state index contributed by atoms with van der Waals surface area (Å²) in [6.07, 6.45) is 6.64. The highest BCUT2D eigenvalue weighted by atomic mass is 35.5. The number of carbonyl (C=O) groups excluding carboxylic acids is 3. The average Bonchev–Trinajstić information content (AvgIpc) is 3.23. The predicted octanol–water partition coefficient (Wildman–Crippen LogP) is 2.54. The van der Waals surface area contributed by atoms with E-state index in [1.54, 1.807) is 47.4 Å². The van der Waals surface area contributed by atoms with Gasteiger partial charge in [0.15, 0.2) is 0 Å². The van der Waals surface area contributed by atoms with Gasteiger partial charge in [-0.05, 0) is 42.3 Å². The van der Waals surface area contributed by atoms with Gasteiger partial charge < -0.3 is 24.4 Å². The summed E-state index contributed by atoms with van der Waals surface area (Å²) < 4.78 is 11.9. The molecule has 0 aliphatic carbocycles. The first-order chi connectivity index (χ1) is 18.4. The van der Waals surface area contributed by atoms with Gasteiger partial charge >= 0.3 is 5.97 Å². The molecule has 2 fully saturated rings. The topological polar surface area (TPSA) is 96.4 Å². The number of halogens is 1. The number of benzene rings is 2. The molecule has 6 atom stereocenters. The monoisotopic (exact) mass is 534 g/mol. The zero-order chi connectivity index (χ0) is 26.4. The molecule has 2 aromatic carbocycles. The van der Waals surface area contributed by atoms with Gasteiger partial charge in [-0.15, -0.1) is 0 Å². The maximum Gasteiger partial charge on any atom is 0.313 e. The van der Waals surface area contributed by atoms with Crippen molar-refractivity contribution >= 4 is 35.1 Å². The van der Waals surface area contributed by atoms with Gasteiger partial charge in [0.05, 0.1) is 24.7 Å². The van der Waals surface area contributed by atoms with Gasteiger partial charge in [-0.25, -0.2) is 0 Å². The lowest BCUT2D eigenvalue weighted by molar-refractivity contribution is -0.153. The predicted molar refractivity (Wildman–Crippen MR) is 139 cm³/mol. The van der Waals surface area contributed by atoms with Crippen LogP contribution < -0.4 is 4.90 Å². The molecule has 0 radical (unpaired) electrons. The lowest BCUT2D eigenvalue weighted by atomic mass is 9.78. The SMILES string of the molecule is O=C1OCC=C[C@H]2O[C@]34C=CCN(c5ccc(Cl)cc5)C(=O)C3N([C@@H](CO)Cc3ccccc3)C(=O)[C@@H]4[C@@H]12. The van der Waals surface area contributed by atoms with Crippen LogP contribution in [0.4, 0.5) is 5.69 Å². The molecule has 2 amide bonds. The largest absolute Gasteiger partial charge is 0.461 e. The number of aliphatic hydroxyl groups excluding tert-OH is 1. The fourth-order valence-corrected chi connectivity index (χ4v) is 6.42. The highest BCUT2D eigenvalue weighted by Gasteiger charge is 2.72. The molecule has 38 heavy (non-hydrogen) atoms. The fourth-order valence-electron chi connectivity index (χ4n) is 6.29. The minimum atomic E-state index is -1.39. The fraction of sp³-hybridized carbons (Fsp3) is 0.345. The van der Waals surface area contributed by atoms with E-state index in [4.69, 9.17) is 21.1 Å². The van der Waals surface area contributed by atoms with Gasteiger partial charge in [-0.3, -0.25) is 14.4 Å². The van der Waals surface area contributed by atoms with Crippen LogP contribution >= 0.6 is 11.6 Å². The Balaban J connectivity index is 1.47. The number of anilines is 1. The van der Waals surface area contributed by atoms with Crippen molar-refractivity contribution in [2.75, 3.05) is 24.7 Å². The Bertz CT molecular complexity index is 1310. The second-order valence-corrected chi connectivity index (χ2v) is 10.4. The Morgan fingerprint density at radius 3 is 2.53 bits per heavy atom. The third-order valence-corrected chi connectivity index (χ3v) is 8.16. The summed E-state index contributed by atoms with van der Waals surface area (Å²) in [6.45, 7) is -0.0200. The second-order valence-electron chi connectivity index (χ2n) is 10.00. The average molecular weight is 535 g/mol. The van der Waals surface area contributed by atoms with Crippen LogP contribution in [-0.2, 0) is 30.3 Å². The molecule has 0 aromatic heterocycles. The number of esters is 1. The van der Waals surface area contributed by atoms with Crippen molar-refractivity contribution < 1.29 is 29.0 Å². The van der Waals surface area contributed by atoms with Gasteiger partial charge in [0.2, 0.25) is 5.91 Å². The Labute approximate surface area is 225 Å². The third kappa shape index (κ3) is 3.86. The van der Waals surface area contributed by atoms with Gasteiger partial charge in [0.1, 0.15) is 24.2 Å². The zero-order valence-electron chi connectivity index (χ0n) is 20.5. The molecule has 0 bridgehead atoms. The molecule has 196 valence electrons. The molecule has 0 saturated carbocycles. The lowest BCUT2D eigenvalue weighted by Gasteiger charge is -2.38. The Kier molecular flexibility index (Phi) is 6.34. The van der Waals surface area contributed by atoms with E-state index in [2.05, 4.69) is 0 Å². The van der Waals surface area contributed by atoms with E-state index < -0.39 is 47.5 Å². The second kappa shape index (κ2) is 9.69. The van der Waals surface area contributed by atoms with Crippen LogP contribution in [0.25, 0.3) is 0 Å². The molecular weight excluding hydrogens is 508 g/mol. The maximum atomic E-state index is 14.4. The number of cyclic esters (lactones) is 1. The van der Waals surface area contributed by atoms with Gasteiger partial charge in [-0.1, -0.05) is 60.2 Å². The standard InChI is InChI=1S/C29H27ClN2O6/c30-19-9-11-20(12-10-19)31-14-5-13-29-24(23-22(38-29)8-4-15-37-28(23)36)26(34)32(25(29)27(31)35)21(17-33)16-18-6-2-1-3-7-18/h1-13,21-25,33H,14-17H2/t21-,22-,23+,24+,25?,29+/m1/s1. The third-order valence-electron chi connectivity index (χ3n) is 7.91. The molecule has 4 heterocycles. The molecule has 2 aromatic rings. The number of nitrogens with zero attached hydrogens (tertiary/aromatic N) is 2. The number of carbonyl (C=O) groups is 3. The smallest absolute Gasteiger partial charge is 0.313 e. The van der Waals surface area contributed by atoms with E-state index >= 15 is 0 Å². The molecule has 2 saturated heterocycles. The number of amides is 2. The first-order valence-corrected chi connectivity index (χ1v) is 13.0. The van der Waals surface area contributed by atoms with Crippen molar-refractivity contribution in [2.24, 2.45) is 11.8 Å². The molecule has 1 N–H and O–H groups in total. The van der Waals surface area contributed by atoms with E-state index in [1.807, 2.05) is 36.4 Å². The zero-order valence-corrected chi connectivity index (χ0v) is 21.2. The number of fused-ring (bicyclic) bond motifs is 2. The van der Waals surface area contributed by atoms with E-state index in [-0.39, 0.29) is 25.7 Å². The number of aliphatic hydroxyl groups is 1. The van der Waals surface area contributed by atoms with E-state index in [1.165, 1.54) is 4.90 Å². The van der Waals surface area contributed by atoms with Gasteiger partial charge in [0, 0.05) is 17.3 Å². The molecule has 8 nitrogen and oxygen atoms in total. The van der Waals surface area contributed by atoms with E-state index in [0.717, 1.165) is 5.56 Å². The van der Waals surface area contributed by atoms with Gasteiger partial charge in [0.25, 0.3) is 5.91 Å². The van der Waals surface area contributed by atoms with Crippen molar-refractivity contribution in [1.29, 1.82) is 0 Å². The Hall–Kier alpha value is -3.46. The first kappa shape index (κ1) is 24.9. The number of rotatable bonds is 5. The number of ether oxygens (including phenoxy) is 2. The molecule has 4 aliphatic heterocycles. The van der Waals surface area contributed by atoms with Crippen LogP contribution in [0.2, 0.25) is 5.02 Å². The van der Waals surface area contributed by atoms with Crippen LogP contribution in [0.3, 0.4) is 0 Å². The molecule has 9 heteroatoms. The highest BCUT2D eigenvalue weighted by molar-refractivity contribution is 6.30. The molecule has 1 spiro atoms. The number of likely N-dealkylation sites (tertiary alicyclic amines) is 1. The van der Waals surface area contributed by atoms with Crippen LogP contribution in [0.1, 0.15) is 5.56 Å². The Morgan fingerprint density at radius 2 is 1.79 bits per heavy atom. The van der Waals surface area contributed by atoms with Crippen LogP contribution in [0.5, 0.6) is 0 Å². The normalized spacial score (nSPS) is 30.8. The summed E-state index contributed by atoms with van der Waals surface area (Å²) in [5, 5.41) is 11.1. The van der Waals surface area contributed by atoms with Crippen molar-refractivity contribution in [2.45, 2.75) is 30.2 Å². The van der Waals surface area contributed by atoms with E-state index in [9.17, 15) is 19.5 Å². The molecule has 1 unspecified atom stereocenters. The quantitative estimate of drug-likeness (QED) is 0.468. The van der Waals surface area contributed by atoms with Crippen molar-refractivity contribution in [1.82, 2.24) is 4.90 Å². The maximum absolute atomic E-state index is 14.4. The molecular formula is C29H27ClN2O6. The highest BCUT2D eigenvalue weighted by Crippen LogP contribution is 2.54. The summed E-state index contributed by atoms with van der Waals surface area (Å²) in [5.41, 5.74) is 0.134. The number of hydrogen-bond donors (Lipinski definition) is 1. The van der Waals surface area contributed by atoms with Crippen molar-refractivity contribution in [3.8, 4) is 0 Å². The summed E-state index contributed by atoms with van der Waals surface area (Å²) in [5.74, 6) is -3.15. The number of hydrogen-bond acceptors (Lipinski definition) is 6. The minimum absolute atomic E-state index is 0.0998. The van der Waals surface area contributed by atoms with Crippen molar-refractivity contribution in [3.05, 3.63) is 89.5 Å². The van der Waals surface area contributed by atoms with Crippen LogP contribution in [-0.4, -0.2) is 71.3 Å². The van der Waals surface area contributed by atoms with Gasteiger partial charge in [-0.2, -0.15) is 0 Å². The van der Waals surface area contributed by atoms with Crippen LogP contribution in [0, 0.1) is 11.8 Å². The van der Waals surface area contributed by atoms with E-state index in [0.29, 0.717) is 17.1 Å². The summed E-state index contributed by atoms with van der Waals surface area (Å²) in [6, 6.07) is 14.6.